The van der Waals surface area contributed by atoms with Crippen molar-refractivity contribution in [2.24, 2.45) is 0 Å². The molecule has 2 rings (SSSR count). The minimum Gasteiger partial charge on any atom is -0.490 e. The van der Waals surface area contributed by atoms with Gasteiger partial charge < -0.3 is 19.5 Å². The number of benzene rings is 1. The summed E-state index contributed by atoms with van der Waals surface area (Å²) in [6, 6.07) is 11.3. The van der Waals surface area contributed by atoms with Crippen LogP contribution in [0.3, 0.4) is 0 Å². The molecule has 6 nitrogen and oxygen atoms in total. The Hall–Kier alpha value is -2.76. The summed E-state index contributed by atoms with van der Waals surface area (Å²) in [6.45, 7) is 5.81. The van der Waals surface area contributed by atoms with Gasteiger partial charge in [0, 0.05) is 24.7 Å². The number of aromatic nitrogens is 1. The number of pyridine rings is 1. The van der Waals surface area contributed by atoms with Crippen LogP contribution >= 0.6 is 0 Å². The van der Waals surface area contributed by atoms with Crippen LogP contribution in [0.25, 0.3) is 0 Å². The van der Waals surface area contributed by atoms with Gasteiger partial charge in [0.2, 0.25) is 11.8 Å². The molecule has 1 heterocycles. The number of hydrogen-bond acceptors (Lipinski definition) is 5. The summed E-state index contributed by atoms with van der Waals surface area (Å²) in [7, 11) is 0. The number of amides is 1. The number of ether oxygens (including phenoxy) is 3. The van der Waals surface area contributed by atoms with E-state index < -0.39 is 0 Å². The molecule has 1 aromatic carbocycles. The SMILES string of the molecule is CCOc1ccccc1OCCCC(=O)NCc1cccnc1OCC. The number of hydrogen-bond donors (Lipinski definition) is 1. The second kappa shape index (κ2) is 11.0. The zero-order valence-electron chi connectivity index (χ0n) is 15.4. The van der Waals surface area contributed by atoms with Crippen molar-refractivity contribution >= 4 is 5.91 Å². The molecule has 26 heavy (non-hydrogen) atoms. The normalized spacial score (nSPS) is 10.2. The van der Waals surface area contributed by atoms with Crippen LogP contribution in [-0.2, 0) is 11.3 Å². The van der Waals surface area contributed by atoms with Crippen LogP contribution in [0, 0.1) is 0 Å². The molecule has 0 fully saturated rings. The molecule has 0 bridgehead atoms. The molecule has 0 saturated heterocycles. The molecule has 0 atom stereocenters. The van der Waals surface area contributed by atoms with Crippen molar-refractivity contribution in [3.05, 3.63) is 48.2 Å². The summed E-state index contributed by atoms with van der Waals surface area (Å²) >= 11 is 0. The van der Waals surface area contributed by atoms with E-state index in [1.807, 2.05) is 50.2 Å². The number of carbonyl (C=O) groups is 1. The van der Waals surface area contributed by atoms with E-state index in [4.69, 9.17) is 14.2 Å². The molecule has 0 saturated carbocycles. The third-order valence-electron chi connectivity index (χ3n) is 3.56. The fourth-order valence-electron chi connectivity index (χ4n) is 2.37. The van der Waals surface area contributed by atoms with Gasteiger partial charge in [0.05, 0.1) is 19.8 Å². The Kier molecular flexibility index (Phi) is 8.26. The van der Waals surface area contributed by atoms with E-state index in [2.05, 4.69) is 10.3 Å². The van der Waals surface area contributed by atoms with E-state index in [1.54, 1.807) is 6.20 Å². The molecule has 0 aliphatic rings. The Morgan fingerprint density at radius 3 is 2.46 bits per heavy atom. The summed E-state index contributed by atoms with van der Waals surface area (Å²) in [6.07, 6.45) is 2.69. The number of rotatable bonds is 11. The molecule has 0 aliphatic heterocycles. The first-order chi connectivity index (χ1) is 12.7. The van der Waals surface area contributed by atoms with E-state index >= 15 is 0 Å². The molecule has 1 amide bonds. The first-order valence-corrected chi connectivity index (χ1v) is 8.92. The lowest BCUT2D eigenvalue weighted by atomic mass is 10.2. The monoisotopic (exact) mass is 358 g/mol. The molecule has 1 aromatic heterocycles. The Morgan fingerprint density at radius 2 is 1.73 bits per heavy atom. The van der Waals surface area contributed by atoms with Gasteiger partial charge in [0.15, 0.2) is 11.5 Å². The van der Waals surface area contributed by atoms with Gasteiger partial charge in [-0.05, 0) is 38.5 Å². The van der Waals surface area contributed by atoms with Gasteiger partial charge in [-0.15, -0.1) is 0 Å². The standard InChI is InChI=1S/C20H26N2O4/c1-3-24-17-10-5-6-11-18(17)26-14-8-12-19(23)22-15-16-9-7-13-21-20(16)25-4-2/h5-7,9-11,13H,3-4,8,12,14-15H2,1-2H3,(H,22,23). The highest BCUT2D eigenvalue weighted by Gasteiger charge is 2.08. The minimum atomic E-state index is -0.0296. The number of nitrogens with zero attached hydrogens (tertiary/aromatic N) is 1. The summed E-state index contributed by atoms with van der Waals surface area (Å²) in [5.74, 6) is 1.95. The lowest BCUT2D eigenvalue weighted by Crippen LogP contribution is -2.23. The van der Waals surface area contributed by atoms with Gasteiger partial charge in [-0.25, -0.2) is 4.98 Å². The second-order valence-electron chi connectivity index (χ2n) is 5.51. The van der Waals surface area contributed by atoms with Crippen molar-refractivity contribution in [2.45, 2.75) is 33.2 Å². The molecule has 0 aliphatic carbocycles. The molecule has 140 valence electrons. The molecular formula is C20H26N2O4. The molecule has 1 N–H and O–H groups in total. The van der Waals surface area contributed by atoms with Gasteiger partial charge in [0.25, 0.3) is 0 Å². The maximum absolute atomic E-state index is 12.0. The van der Waals surface area contributed by atoms with E-state index in [0.717, 1.165) is 11.3 Å². The summed E-state index contributed by atoms with van der Waals surface area (Å²) in [5, 5.41) is 2.89. The molecule has 2 aromatic rings. The van der Waals surface area contributed by atoms with Crippen molar-refractivity contribution in [1.29, 1.82) is 0 Å². The van der Waals surface area contributed by atoms with Crippen LogP contribution in [-0.4, -0.2) is 30.7 Å². The highest BCUT2D eigenvalue weighted by molar-refractivity contribution is 5.75. The third-order valence-corrected chi connectivity index (χ3v) is 3.56. The van der Waals surface area contributed by atoms with Crippen LogP contribution in [0.4, 0.5) is 0 Å². The van der Waals surface area contributed by atoms with Crippen molar-refractivity contribution in [2.75, 3.05) is 19.8 Å². The van der Waals surface area contributed by atoms with Crippen LogP contribution in [0.5, 0.6) is 17.4 Å². The van der Waals surface area contributed by atoms with Crippen LogP contribution in [0.15, 0.2) is 42.6 Å². The van der Waals surface area contributed by atoms with Gasteiger partial charge in [-0.2, -0.15) is 0 Å². The quantitative estimate of drug-likeness (QED) is 0.624. The van der Waals surface area contributed by atoms with Crippen LogP contribution in [0.1, 0.15) is 32.3 Å². The molecule has 0 unspecified atom stereocenters. The Balaban J connectivity index is 1.71. The first kappa shape index (κ1) is 19.6. The fourth-order valence-corrected chi connectivity index (χ4v) is 2.37. The highest BCUT2D eigenvalue weighted by Crippen LogP contribution is 2.26. The van der Waals surface area contributed by atoms with Crippen LogP contribution in [0.2, 0.25) is 0 Å². The maximum atomic E-state index is 12.0. The second-order valence-corrected chi connectivity index (χ2v) is 5.51. The van der Waals surface area contributed by atoms with Crippen molar-refractivity contribution < 1.29 is 19.0 Å². The Morgan fingerprint density at radius 1 is 1.00 bits per heavy atom. The average Bonchev–Trinajstić information content (AvgIpc) is 2.66. The predicted octanol–water partition coefficient (Wildman–Crippen LogP) is 3.35. The zero-order chi connectivity index (χ0) is 18.6. The average molecular weight is 358 g/mol. The third kappa shape index (κ3) is 6.27. The van der Waals surface area contributed by atoms with Gasteiger partial charge in [-0.1, -0.05) is 18.2 Å². The maximum Gasteiger partial charge on any atom is 0.220 e. The van der Waals surface area contributed by atoms with Crippen molar-refractivity contribution in [3.63, 3.8) is 0 Å². The van der Waals surface area contributed by atoms with E-state index in [0.29, 0.717) is 50.8 Å². The fraction of sp³-hybridized carbons (Fsp3) is 0.400. The topological polar surface area (TPSA) is 69.7 Å². The van der Waals surface area contributed by atoms with Crippen molar-refractivity contribution in [1.82, 2.24) is 10.3 Å². The van der Waals surface area contributed by atoms with E-state index in [1.165, 1.54) is 0 Å². The lowest BCUT2D eigenvalue weighted by Gasteiger charge is -2.12. The van der Waals surface area contributed by atoms with Gasteiger partial charge in [-0.3, -0.25) is 4.79 Å². The molecule has 6 heteroatoms. The summed E-state index contributed by atoms with van der Waals surface area (Å²) < 4.78 is 16.7. The summed E-state index contributed by atoms with van der Waals surface area (Å²) in [4.78, 5) is 16.2. The van der Waals surface area contributed by atoms with Crippen molar-refractivity contribution in [3.8, 4) is 17.4 Å². The summed E-state index contributed by atoms with van der Waals surface area (Å²) in [5.41, 5.74) is 0.865. The van der Waals surface area contributed by atoms with E-state index in [-0.39, 0.29) is 5.91 Å². The lowest BCUT2D eigenvalue weighted by molar-refractivity contribution is -0.121. The smallest absolute Gasteiger partial charge is 0.220 e. The number of nitrogens with one attached hydrogen (secondary N) is 1. The number of para-hydroxylation sites is 2. The zero-order valence-corrected chi connectivity index (χ0v) is 15.4. The largest absolute Gasteiger partial charge is 0.490 e. The molecular weight excluding hydrogens is 332 g/mol. The van der Waals surface area contributed by atoms with Gasteiger partial charge in [0.1, 0.15) is 0 Å². The highest BCUT2D eigenvalue weighted by atomic mass is 16.5. The first-order valence-electron chi connectivity index (χ1n) is 8.92. The van der Waals surface area contributed by atoms with Crippen LogP contribution < -0.4 is 19.5 Å². The molecule has 0 radical (unpaired) electrons. The number of carbonyl (C=O) groups excluding carboxylic acids is 1. The Bertz CT molecular complexity index is 691. The minimum absolute atomic E-state index is 0.0296. The predicted molar refractivity (Wildman–Crippen MR) is 99.6 cm³/mol. The molecule has 0 spiro atoms. The Labute approximate surface area is 154 Å². The van der Waals surface area contributed by atoms with Gasteiger partial charge >= 0.3 is 0 Å². The van der Waals surface area contributed by atoms with E-state index in [9.17, 15) is 4.79 Å².